The topological polar surface area (TPSA) is 58.5 Å². The summed E-state index contributed by atoms with van der Waals surface area (Å²) in [5.41, 5.74) is 5.11. The highest BCUT2D eigenvalue weighted by Crippen LogP contribution is 2.29. The van der Waals surface area contributed by atoms with Crippen LogP contribution in [0.15, 0.2) is 0 Å². The summed E-state index contributed by atoms with van der Waals surface area (Å²) in [5, 5.41) is 10.4. The summed E-state index contributed by atoms with van der Waals surface area (Å²) in [6, 6.07) is 0. The van der Waals surface area contributed by atoms with E-state index in [0.717, 1.165) is 6.54 Å². The molecule has 1 saturated heterocycles. The van der Waals surface area contributed by atoms with Gasteiger partial charge in [-0.1, -0.05) is 0 Å². The first kappa shape index (κ1) is 6.95. The molecule has 1 aliphatic rings. The molecule has 0 saturated carbocycles. The molecule has 0 bridgehead atoms. The van der Waals surface area contributed by atoms with Gasteiger partial charge in [-0.3, -0.25) is 0 Å². The maximum Gasteiger partial charge on any atom is 0.0964 e. The third-order valence-electron chi connectivity index (χ3n) is 1.76. The van der Waals surface area contributed by atoms with Gasteiger partial charge in [-0.25, -0.2) is 0 Å². The van der Waals surface area contributed by atoms with E-state index in [0.29, 0.717) is 6.54 Å². The second-order valence-electron chi connectivity index (χ2n) is 2.31. The van der Waals surface area contributed by atoms with Crippen molar-refractivity contribution in [3.8, 4) is 0 Å². The fourth-order valence-electron chi connectivity index (χ4n) is 0.850. The zero-order valence-corrected chi connectivity index (χ0v) is 5.50. The van der Waals surface area contributed by atoms with Gasteiger partial charge in [0.25, 0.3) is 0 Å². The van der Waals surface area contributed by atoms with Crippen molar-refractivity contribution in [1.82, 2.24) is 5.06 Å². The van der Waals surface area contributed by atoms with Crippen LogP contribution in [0.25, 0.3) is 0 Å². The average molecular weight is 132 g/mol. The van der Waals surface area contributed by atoms with E-state index < -0.39 is 0 Å². The highest BCUT2D eigenvalue weighted by Gasteiger charge is 2.51. The van der Waals surface area contributed by atoms with Crippen molar-refractivity contribution in [3.63, 3.8) is 0 Å². The molecule has 0 aromatic carbocycles. The van der Waals surface area contributed by atoms with E-state index in [1.165, 1.54) is 0 Å². The van der Waals surface area contributed by atoms with Crippen molar-refractivity contribution in [2.24, 2.45) is 5.73 Å². The smallest absolute Gasteiger partial charge is 0.0964 e. The Morgan fingerprint density at radius 1 is 1.89 bits per heavy atom. The van der Waals surface area contributed by atoms with Crippen LogP contribution < -0.4 is 5.73 Å². The quantitative estimate of drug-likeness (QED) is 0.461. The Labute approximate surface area is 54.2 Å². The molecule has 1 unspecified atom stereocenters. The summed E-state index contributed by atoms with van der Waals surface area (Å²) >= 11 is 0. The van der Waals surface area contributed by atoms with E-state index in [1.54, 1.807) is 12.2 Å². The number of aliphatic hydroxyl groups excluding tert-OH is 1. The molecule has 3 N–H and O–H groups in total. The molecular weight excluding hydrogens is 120 g/mol. The largest absolute Gasteiger partial charge is 0.394 e. The third kappa shape index (κ3) is 0.943. The minimum absolute atomic E-state index is 0.0807. The van der Waals surface area contributed by atoms with Gasteiger partial charge in [-0.15, -0.1) is 0 Å². The maximum absolute atomic E-state index is 8.76. The van der Waals surface area contributed by atoms with Crippen LogP contribution in [0.2, 0.25) is 0 Å². The number of hydrogen-bond acceptors (Lipinski definition) is 4. The van der Waals surface area contributed by atoms with Gasteiger partial charge in [-0.05, 0) is 0 Å². The third-order valence-corrected chi connectivity index (χ3v) is 1.76. The molecule has 4 nitrogen and oxygen atoms in total. The van der Waals surface area contributed by atoms with Gasteiger partial charge in [0, 0.05) is 13.1 Å². The fourth-order valence-corrected chi connectivity index (χ4v) is 0.850. The van der Waals surface area contributed by atoms with E-state index in [9.17, 15) is 0 Å². The highest BCUT2D eigenvalue weighted by atomic mass is 16.7. The summed E-state index contributed by atoms with van der Waals surface area (Å²) in [5.74, 6) is 0. The van der Waals surface area contributed by atoms with Crippen molar-refractivity contribution < 1.29 is 9.94 Å². The standard InChI is InChI=1S/C5H12N2O2/c1-9-7-3-5(7,2-6)4-8/h8H,2-4,6H2,1H3/t5-,7?/m0/s1. The first-order valence-electron chi connectivity index (χ1n) is 2.92. The first-order valence-corrected chi connectivity index (χ1v) is 2.92. The predicted octanol–water partition coefficient (Wildman–Crippen LogP) is -1.45. The Balaban J connectivity index is 2.37. The number of rotatable bonds is 3. The average Bonchev–Trinajstić information content (AvgIpc) is 2.63. The van der Waals surface area contributed by atoms with Gasteiger partial charge >= 0.3 is 0 Å². The van der Waals surface area contributed by atoms with E-state index in [2.05, 4.69) is 0 Å². The molecule has 4 heteroatoms. The number of hydroxylamine groups is 2. The monoisotopic (exact) mass is 132 g/mol. The molecule has 0 amide bonds. The van der Waals surface area contributed by atoms with Gasteiger partial charge < -0.3 is 15.7 Å². The second kappa shape index (κ2) is 2.22. The Morgan fingerprint density at radius 2 is 2.56 bits per heavy atom. The van der Waals surface area contributed by atoms with Crippen molar-refractivity contribution in [2.75, 3.05) is 26.8 Å². The van der Waals surface area contributed by atoms with Crippen LogP contribution in [-0.2, 0) is 4.84 Å². The highest BCUT2D eigenvalue weighted by molar-refractivity contribution is 5.03. The molecule has 0 aromatic heterocycles. The molecule has 0 radical (unpaired) electrons. The summed E-state index contributed by atoms with van der Waals surface area (Å²) in [7, 11) is 1.58. The number of aliphatic hydroxyl groups is 1. The molecule has 0 aliphatic carbocycles. The number of nitrogens with zero attached hydrogens (tertiary/aromatic N) is 1. The minimum Gasteiger partial charge on any atom is -0.394 e. The lowest BCUT2D eigenvalue weighted by molar-refractivity contribution is -0.0640. The van der Waals surface area contributed by atoms with Gasteiger partial charge in [0.2, 0.25) is 0 Å². The summed E-state index contributed by atoms with van der Waals surface area (Å²) < 4.78 is 0. The molecule has 1 fully saturated rings. The second-order valence-corrected chi connectivity index (χ2v) is 2.31. The van der Waals surface area contributed by atoms with E-state index in [1.807, 2.05) is 0 Å². The summed E-state index contributed by atoms with van der Waals surface area (Å²) in [6.45, 7) is 1.28. The molecule has 9 heavy (non-hydrogen) atoms. The van der Waals surface area contributed by atoms with Crippen molar-refractivity contribution in [1.29, 1.82) is 0 Å². The molecular formula is C5H12N2O2. The molecule has 54 valence electrons. The fraction of sp³-hybridized carbons (Fsp3) is 1.00. The van der Waals surface area contributed by atoms with Crippen LogP contribution in [0.5, 0.6) is 0 Å². The lowest BCUT2D eigenvalue weighted by Gasteiger charge is -2.08. The number of hydrogen-bond donors (Lipinski definition) is 2. The Morgan fingerprint density at radius 3 is 2.67 bits per heavy atom. The molecule has 0 spiro atoms. The van der Waals surface area contributed by atoms with E-state index in [-0.39, 0.29) is 12.1 Å². The van der Waals surface area contributed by atoms with Crippen molar-refractivity contribution in [3.05, 3.63) is 0 Å². The summed E-state index contributed by atoms with van der Waals surface area (Å²) in [4.78, 5) is 4.85. The van der Waals surface area contributed by atoms with Gasteiger partial charge in [0.1, 0.15) is 0 Å². The predicted molar refractivity (Wildman–Crippen MR) is 32.6 cm³/mol. The molecule has 1 heterocycles. The minimum atomic E-state index is -0.255. The normalized spacial score (nSPS) is 41.0. The van der Waals surface area contributed by atoms with E-state index in [4.69, 9.17) is 15.7 Å². The molecule has 0 aromatic rings. The molecule has 1 rings (SSSR count). The Kier molecular flexibility index (Phi) is 1.72. The Bertz CT molecular complexity index is 103. The summed E-state index contributed by atoms with van der Waals surface area (Å²) in [6.07, 6.45) is 0. The lowest BCUT2D eigenvalue weighted by atomic mass is 10.2. The van der Waals surface area contributed by atoms with Crippen LogP contribution in [0.4, 0.5) is 0 Å². The molecule has 2 atom stereocenters. The van der Waals surface area contributed by atoms with Gasteiger partial charge in [0.15, 0.2) is 0 Å². The first-order chi connectivity index (χ1) is 4.29. The SMILES string of the molecule is CON1C[C@@]1(CN)CO. The zero-order valence-electron chi connectivity index (χ0n) is 5.50. The van der Waals surface area contributed by atoms with Crippen molar-refractivity contribution in [2.45, 2.75) is 5.54 Å². The van der Waals surface area contributed by atoms with E-state index >= 15 is 0 Å². The van der Waals surface area contributed by atoms with Gasteiger partial charge in [0.05, 0.1) is 19.3 Å². The molecule has 1 aliphatic heterocycles. The van der Waals surface area contributed by atoms with Crippen LogP contribution >= 0.6 is 0 Å². The van der Waals surface area contributed by atoms with Crippen LogP contribution in [0.3, 0.4) is 0 Å². The lowest BCUT2D eigenvalue weighted by Crippen LogP contribution is -2.32. The number of nitrogens with two attached hydrogens (primary N) is 1. The van der Waals surface area contributed by atoms with Gasteiger partial charge in [-0.2, -0.15) is 5.06 Å². The Hall–Kier alpha value is -0.160. The van der Waals surface area contributed by atoms with Crippen LogP contribution in [-0.4, -0.2) is 42.5 Å². The van der Waals surface area contributed by atoms with Crippen LogP contribution in [0.1, 0.15) is 0 Å². The van der Waals surface area contributed by atoms with Crippen LogP contribution in [0, 0.1) is 0 Å². The zero-order chi connectivity index (χ0) is 6.91. The van der Waals surface area contributed by atoms with Crippen molar-refractivity contribution >= 4 is 0 Å². The maximum atomic E-state index is 8.76.